The van der Waals surface area contributed by atoms with Gasteiger partial charge < -0.3 is 35.2 Å². The van der Waals surface area contributed by atoms with Crippen LogP contribution in [-0.4, -0.2) is 85.6 Å². The van der Waals surface area contributed by atoms with Gasteiger partial charge >= 0.3 is 0 Å². The number of carbonyl (C=O) groups is 2. The Hall–Kier alpha value is -8.29. The first-order chi connectivity index (χ1) is 33.8. The van der Waals surface area contributed by atoms with Crippen LogP contribution in [0.1, 0.15) is 43.0 Å². The van der Waals surface area contributed by atoms with Crippen molar-refractivity contribution < 1.29 is 19.1 Å². The molecule has 0 spiro atoms. The van der Waals surface area contributed by atoms with Crippen LogP contribution in [0.3, 0.4) is 0 Å². The number of amides is 2. The summed E-state index contributed by atoms with van der Waals surface area (Å²) in [5.74, 6) is 2.12. The summed E-state index contributed by atoms with van der Waals surface area (Å²) in [7, 11) is 0. The fourth-order valence-electron chi connectivity index (χ4n) is 9.49. The van der Waals surface area contributed by atoms with Crippen LogP contribution in [0.4, 0.5) is 23.0 Å². The number of rotatable bonds is 14. The molecule has 11 rings (SSSR count). The Morgan fingerprint density at radius 3 is 2.13 bits per heavy atom. The van der Waals surface area contributed by atoms with Crippen molar-refractivity contribution in [1.82, 2.24) is 34.5 Å². The van der Waals surface area contributed by atoms with Crippen molar-refractivity contribution in [3.05, 3.63) is 150 Å². The predicted octanol–water partition coefficient (Wildman–Crippen LogP) is 7.67. The van der Waals surface area contributed by atoms with Crippen LogP contribution in [0, 0.1) is 29.6 Å². The summed E-state index contributed by atoms with van der Waals surface area (Å²) < 4.78 is 16.6. The first kappa shape index (κ1) is 44.2. The predicted molar refractivity (Wildman–Crippen MR) is 267 cm³/mol. The van der Waals surface area contributed by atoms with E-state index in [4.69, 9.17) is 14.7 Å². The molecule has 7 heterocycles. The third-order valence-corrected chi connectivity index (χ3v) is 13.5. The molecule has 8 aromatic rings. The minimum absolute atomic E-state index is 0.0444. The second kappa shape index (κ2) is 17.7. The zero-order valence-corrected chi connectivity index (χ0v) is 39.4. The van der Waals surface area contributed by atoms with Gasteiger partial charge in [0, 0.05) is 74.0 Å². The highest BCUT2D eigenvalue weighted by molar-refractivity contribution is 5.95. The van der Waals surface area contributed by atoms with Crippen molar-refractivity contribution in [2.45, 2.75) is 52.5 Å². The summed E-state index contributed by atoms with van der Waals surface area (Å²) in [6, 6.07) is 35.8. The van der Waals surface area contributed by atoms with Gasteiger partial charge in [0.25, 0.3) is 0 Å². The molecule has 4 aromatic carbocycles. The van der Waals surface area contributed by atoms with E-state index in [9.17, 15) is 9.59 Å². The lowest BCUT2D eigenvalue weighted by molar-refractivity contribution is -0.131. The monoisotopic (exact) mass is 932 g/mol. The van der Waals surface area contributed by atoms with Crippen LogP contribution in [-0.2, 0) is 27.3 Å². The molecule has 2 amide bonds. The average Bonchev–Trinajstić information content (AvgIpc) is 4.09. The van der Waals surface area contributed by atoms with E-state index in [-0.39, 0.29) is 24.0 Å². The Balaban J connectivity index is 0.671. The number of hydrogen-bond donors (Lipinski definition) is 3. The van der Waals surface area contributed by atoms with Crippen molar-refractivity contribution in [3.8, 4) is 34.1 Å². The smallest absolute Gasteiger partial charge is 0.231 e. The number of nitrogens with one attached hydrogen (secondary N) is 3. The summed E-state index contributed by atoms with van der Waals surface area (Å²) in [4.78, 5) is 39.6. The summed E-state index contributed by atoms with van der Waals surface area (Å²) in [5.41, 5.74) is 10.4. The third kappa shape index (κ3) is 8.83. The summed E-state index contributed by atoms with van der Waals surface area (Å²) in [6.45, 7) is 11.2. The SMILES string of the molecule is Cc1ccc(CNC(=O)C2(C)CN(c3ncnn4cc(-c5ccc6c(c5)CC(OCC(C)(C)Oc5ccc(-c7cc8c(N9CC(C(=O)Nc%10ccc(C#N)cc%10)C9)ncnn8c7)cc5)N6)cc34)C2)cc1. The van der Waals surface area contributed by atoms with Gasteiger partial charge in [0.05, 0.1) is 29.6 Å². The van der Waals surface area contributed by atoms with Gasteiger partial charge in [0.15, 0.2) is 11.6 Å². The molecule has 1 unspecified atom stereocenters. The number of aromatic nitrogens is 6. The van der Waals surface area contributed by atoms with Crippen LogP contribution in [0.15, 0.2) is 128 Å². The fraction of sp³-hybridized carbons (Fsp3) is 0.278. The molecule has 0 bridgehead atoms. The maximum absolute atomic E-state index is 13.2. The van der Waals surface area contributed by atoms with E-state index in [1.165, 1.54) is 17.5 Å². The quantitative estimate of drug-likeness (QED) is 0.0971. The zero-order chi connectivity index (χ0) is 48.1. The van der Waals surface area contributed by atoms with Gasteiger partial charge in [-0.15, -0.1) is 0 Å². The van der Waals surface area contributed by atoms with Crippen molar-refractivity contribution >= 4 is 45.9 Å². The molecule has 2 fully saturated rings. The Labute approximate surface area is 404 Å². The Morgan fingerprint density at radius 1 is 0.814 bits per heavy atom. The van der Waals surface area contributed by atoms with Gasteiger partial charge in [0.2, 0.25) is 11.8 Å². The number of nitriles is 1. The number of anilines is 4. The molecule has 16 heteroatoms. The first-order valence-corrected chi connectivity index (χ1v) is 23.5. The Morgan fingerprint density at radius 2 is 1.46 bits per heavy atom. The second-order valence-corrected chi connectivity index (χ2v) is 19.6. The van der Waals surface area contributed by atoms with Gasteiger partial charge in [-0.25, -0.2) is 19.0 Å². The fourth-order valence-corrected chi connectivity index (χ4v) is 9.49. The van der Waals surface area contributed by atoms with Crippen molar-refractivity contribution in [3.63, 3.8) is 0 Å². The molecule has 1 atom stereocenters. The van der Waals surface area contributed by atoms with E-state index in [1.54, 1.807) is 30.6 Å². The molecule has 16 nitrogen and oxygen atoms in total. The lowest BCUT2D eigenvalue weighted by Crippen LogP contribution is -2.62. The van der Waals surface area contributed by atoms with Crippen LogP contribution in [0.5, 0.6) is 5.75 Å². The molecule has 70 heavy (non-hydrogen) atoms. The molecule has 352 valence electrons. The normalized spacial score (nSPS) is 16.2. The highest BCUT2D eigenvalue weighted by atomic mass is 16.6. The Bertz CT molecular complexity index is 3310. The number of nitrogens with zero attached hydrogens (tertiary/aromatic N) is 9. The van der Waals surface area contributed by atoms with Crippen LogP contribution >= 0.6 is 0 Å². The van der Waals surface area contributed by atoms with E-state index in [0.29, 0.717) is 57.0 Å². The van der Waals surface area contributed by atoms with Gasteiger partial charge in [-0.1, -0.05) is 48.0 Å². The average molecular weight is 933 g/mol. The highest BCUT2D eigenvalue weighted by Crippen LogP contribution is 2.38. The lowest BCUT2D eigenvalue weighted by Gasteiger charge is -2.47. The molecule has 0 saturated carbocycles. The number of fused-ring (bicyclic) bond motifs is 3. The molecule has 0 radical (unpaired) electrons. The molecule has 3 N–H and O–H groups in total. The van der Waals surface area contributed by atoms with Crippen LogP contribution in [0.2, 0.25) is 0 Å². The third-order valence-electron chi connectivity index (χ3n) is 13.5. The molecule has 4 aromatic heterocycles. The summed E-state index contributed by atoms with van der Waals surface area (Å²) in [5, 5.41) is 27.7. The topological polar surface area (TPSA) is 179 Å². The molecule has 0 aliphatic carbocycles. The lowest BCUT2D eigenvalue weighted by atomic mass is 9.81. The molecule has 3 aliphatic heterocycles. The van der Waals surface area contributed by atoms with Gasteiger partial charge in [-0.05, 0) is 111 Å². The molecular weight excluding hydrogens is 881 g/mol. The van der Waals surface area contributed by atoms with Crippen LogP contribution in [0.25, 0.3) is 33.3 Å². The van der Waals surface area contributed by atoms with Gasteiger partial charge in [-0.3, -0.25) is 9.59 Å². The molecular formula is C54H52N12O4. The number of carbonyl (C=O) groups excluding carboxylic acids is 2. The number of hydrogen-bond acceptors (Lipinski definition) is 12. The van der Waals surface area contributed by atoms with Gasteiger partial charge in [-0.2, -0.15) is 15.5 Å². The number of aryl methyl sites for hydroxylation is 1. The van der Waals surface area contributed by atoms with Crippen molar-refractivity contribution in [1.29, 1.82) is 5.26 Å². The summed E-state index contributed by atoms with van der Waals surface area (Å²) in [6.07, 6.45) is 7.61. The van der Waals surface area contributed by atoms with Crippen LogP contribution < -0.4 is 30.5 Å². The zero-order valence-electron chi connectivity index (χ0n) is 39.4. The minimum atomic E-state index is -0.614. The van der Waals surface area contributed by atoms with Crippen molar-refractivity contribution in [2.75, 3.05) is 53.2 Å². The maximum atomic E-state index is 13.2. The molecule has 3 aliphatic rings. The van der Waals surface area contributed by atoms with Gasteiger partial charge in [0.1, 0.15) is 41.3 Å². The van der Waals surface area contributed by atoms with E-state index in [0.717, 1.165) is 61.9 Å². The van der Waals surface area contributed by atoms with E-state index >= 15 is 0 Å². The first-order valence-electron chi connectivity index (χ1n) is 23.5. The highest BCUT2D eigenvalue weighted by Gasteiger charge is 2.46. The van der Waals surface area contributed by atoms with E-state index < -0.39 is 11.0 Å². The Kier molecular flexibility index (Phi) is 11.2. The minimum Gasteiger partial charge on any atom is -0.485 e. The van der Waals surface area contributed by atoms with E-state index in [1.807, 2.05) is 66.5 Å². The van der Waals surface area contributed by atoms with E-state index in [2.05, 4.69) is 114 Å². The number of benzene rings is 4. The maximum Gasteiger partial charge on any atom is 0.231 e. The summed E-state index contributed by atoms with van der Waals surface area (Å²) >= 11 is 0. The largest absolute Gasteiger partial charge is 0.485 e. The number of ether oxygens (including phenoxy) is 2. The second-order valence-electron chi connectivity index (χ2n) is 19.6. The standard InChI is InChI=1S/C54H52N12O4/c1-34-5-7-36(8-6-34)24-56-52(68)54(4)29-64(30-54)50-47-21-41(28-66(47)60-33-58-50)38-13-18-45-39(19-38)22-48(62-45)69-31-53(2,3)70-44-16-11-37(12-17-44)40-20-46-49(57-32-59-65(46)27-40)63-25-42(26-63)51(67)61-43-14-9-35(23-55)10-15-43/h5-21,27-28,32-33,42,48,62H,22,24-26,29-31H2,1-4H3,(H,56,68)(H,61,67). The van der Waals surface area contributed by atoms with Crippen molar-refractivity contribution in [2.24, 2.45) is 11.3 Å². The molecule has 2 saturated heterocycles.